The number of hydrogen-bond donors (Lipinski definition) is 2. The molecular formula is C26H30N10. The lowest BCUT2D eigenvalue weighted by atomic mass is 10.1. The number of nitrogens with zero attached hydrogens (tertiary/aromatic N) is 8. The Balaban J connectivity index is 1.35. The topological polar surface area (TPSA) is 115 Å². The van der Waals surface area contributed by atoms with Gasteiger partial charge in [-0.2, -0.15) is 24.7 Å². The number of fused-ring (bicyclic) bond motifs is 2. The molecule has 1 saturated heterocycles. The Morgan fingerprint density at radius 2 is 1.92 bits per heavy atom. The van der Waals surface area contributed by atoms with E-state index in [0.717, 1.165) is 65.2 Å². The molecule has 0 bridgehead atoms. The molecule has 0 unspecified atom stereocenters. The van der Waals surface area contributed by atoms with Crippen LogP contribution < -0.4 is 16.0 Å². The average Bonchev–Trinajstić information content (AvgIpc) is 3.52. The predicted molar refractivity (Wildman–Crippen MR) is 140 cm³/mol. The van der Waals surface area contributed by atoms with Crippen molar-refractivity contribution in [2.24, 2.45) is 5.73 Å². The van der Waals surface area contributed by atoms with Crippen LogP contribution in [0.15, 0.2) is 55.1 Å². The van der Waals surface area contributed by atoms with E-state index in [9.17, 15) is 0 Å². The Morgan fingerprint density at radius 1 is 1.08 bits per heavy atom. The minimum atomic E-state index is 0.245. The number of hydrogen-bond acceptors (Lipinski definition) is 8. The van der Waals surface area contributed by atoms with Crippen LogP contribution in [0.3, 0.4) is 0 Å². The van der Waals surface area contributed by atoms with Crippen LogP contribution >= 0.6 is 0 Å². The maximum absolute atomic E-state index is 6.14. The van der Waals surface area contributed by atoms with Crippen molar-refractivity contribution in [3.8, 4) is 5.69 Å². The van der Waals surface area contributed by atoms with Gasteiger partial charge in [-0.05, 0) is 36.5 Å². The highest BCUT2D eigenvalue weighted by Crippen LogP contribution is 2.25. The molecule has 3 N–H and O–H groups in total. The van der Waals surface area contributed by atoms with Crippen LogP contribution in [0.25, 0.3) is 22.2 Å². The van der Waals surface area contributed by atoms with E-state index in [2.05, 4.69) is 46.3 Å². The van der Waals surface area contributed by atoms with Gasteiger partial charge in [-0.1, -0.05) is 32.0 Å². The van der Waals surface area contributed by atoms with Gasteiger partial charge in [-0.15, -0.1) is 0 Å². The summed E-state index contributed by atoms with van der Waals surface area (Å²) >= 11 is 0. The van der Waals surface area contributed by atoms with E-state index in [1.165, 1.54) is 0 Å². The number of nitrogens with two attached hydrogens (primary N) is 1. The van der Waals surface area contributed by atoms with Crippen molar-refractivity contribution >= 4 is 28.4 Å². The first-order valence-electron chi connectivity index (χ1n) is 12.4. The van der Waals surface area contributed by atoms with Gasteiger partial charge in [0.15, 0.2) is 5.65 Å². The zero-order chi connectivity index (χ0) is 24.6. The number of pyridine rings is 1. The smallest absolute Gasteiger partial charge is 0.230 e. The molecule has 10 heteroatoms. The van der Waals surface area contributed by atoms with E-state index in [1.54, 1.807) is 12.4 Å². The molecule has 0 spiro atoms. The predicted octanol–water partition coefficient (Wildman–Crippen LogP) is 3.52. The van der Waals surface area contributed by atoms with E-state index in [1.807, 2.05) is 39.8 Å². The highest BCUT2D eigenvalue weighted by molar-refractivity contribution is 5.77. The van der Waals surface area contributed by atoms with E-state index in [-0.39, 0.29) is 6.04 Å². The molecule has 1 aromatic carbocycles. The fraction of sp³-hybridized carbons (Fsp3) is 0.346. The van der Waals surface area contributed by atoms with Crippen LogP contribution in [-0.2, 0) is 6.54 Å². The summed E-state index contributed by atoms with van der Waals surface area (Å²) in [5, 5.41) is 13.9. The largest absolute Gasteiger partial charge is 0.350 e. The molecule has 1 aliphatic rings. The van der Waals surface area contributed by atoms with Crippen molar-refractivity contribution < 1.29 is 0 Å². The standard InChI is InChI=1S/C26H30N10/c1-17(2)21-14-30-36-24(21)31-26(34-11-8-20(27)9-12-34)32-25(36)29-13-18-5-3-4-6-23(18)35-16-19-7-10-28-15-22(19)33-35/h3-7,10,14-17,20H,8-9,11-13,27H2,1-2H3,(H,29,31,32). The molecule has 1 aliphatic heterocycles. The zero-order valence-corrected chi connectivity index (χ0v) is 20.5. The van der Waals surface area contributed by atoms with Gasteiger partial charge in [0.1, 0.15) is 5.52 Å². The summed E-state index contributed by atoms with van der Waals surface area (Å²) in [4.78, 5) is 16.2. The SMILES string of the molecule is CC(C)c1cnn2c(NCc3ccccc3-n3cc4ccncc4n3)nc(N3CCC(N)CC3)nc12. The molecule has 5 aromatic rings. The zero-order valence-electron chi connectivity index (χ0n) is 20.5. The van der Waals surface area contributed by atoms with Crippen LogP contribution in [0, 0.1) is 0 Å². The minimum Gasteiger partial charge on any atom is -0.350 e. The number of anilines is 2. The fourth-order valence-corrected chi connectivity index (χ4v) is 4.69. The Labute approximate surface area is 209 Å². The third kappa shape index (κ3) is 4.13. The second kappa shape index (κ2) is 9.19. The van der Waals surface area contributed by atoms with Gasteiger partial charge in [0.05, 0.1) is 18.1 Å². The summed E-state index contributed by atoms with van der Waals surface area (Å²) in [5.74, 6) is 1.69. The average molecular weight is 483 g/mol. The normalized spacial score (nSPS) is 14.8. The van der Waals surface area contributed by atoms with Crippen molar-refractivity contribution in [1.29, 1.82) is 0 Å². The molecule has 0 saturated carbocycles. The summed E-state index contributed by atoms with van der Waals surface area (Å²) in [6.07, 6.45) is 9.37. The monoisotopic (exact) mass is 482 g/mol. The van der Waals surface area contributed by atoms with Crippen molar-refractivity contribution in [3.63, 3.8) is 0 Å². The molecule has 5 heterocycles. The molecule has 184 valence electrons. The molecule has 0 aliphatic carbocycles. The van der Waals surface area contributed by atoms with Crippen LogP contribution in [0.1, 0.15) is 43.7 Å². The maximum atomic E-state index is 6.14. The third-order valence-electron chi connectivity index (χ3n) is 6.81. The van der Waals surface area contributed by atoms with Crippen LogP contribution in [0.5, 0.6) is 0 Å². The van der Waals surface area contributed by atoms with Crippen molar-refractivity contribution in [2.75, 3.05) is 23.3 Å². The number of benzene rings is 1. The first-order chi connectivity index (χ1) is 17.6. The molecule has 36 heavy (non-hydrogen) atoms. The quantitative estimate of drug-likeness (QED) is 0.378. The molecular weight excluding hydrogens is 452 g/mol. The van der Waals surface area contributed by atoms with Crippen LogP contribution in [0.4, 0.5) is 11.9 Å². The van der Waals surface area contributed by atoms with Gasteiger partial charge >= 0.3 is 0 Å². The third-order valence-corrected chi connectivity index (χ3v) is 6.81. The highest BCUT2D eigenvalue weighted by atomic mass is 15.4. The van der Waals surface area contributed by atoms with Gasteiger partial charge in [-0.3, -0.25) is 4.98 Å². The minimum absolute atomic E-state index is 0.245. The molecule has 0 radical (unpaired) electrons. The number of aromatic nitrogens is 7. The lowest BCUT2D eigenvalue weighted by Gasteiger charge is -2.30. The second-order valence-corrected chi connectivity index (χ2v) is 9.65. The number of rotatable bonds is 6. The van der Waals surface area contributed by atoms with E-state index in [0.29, 0.717) is 18.4 Å². The summed E-state index contributed by atoms with van der Waals surface area (Å²) in [6, 6.07) is 10.4. The lowest BCUT2D eigenvalue weighted by Crippen LogP contribution is -2.40. The fourth-order valence-electron chi connectivity index (χ4n) is 4.69. The summed E-state index contributed by atoms with van der Waals surface area (Å²) < 4.78 is 3.72. The van der Waals surface area contributed by atoms with Gasteiger partial charge in [0, 0.05) is 49.0 Å². The van der Waals surface area contributed by atoms with E-state index < -0.39 is 0 Å². The number of nitrogens with one attached hydrogen (secondary N) is 1. The van der Waals surface area contributed by atoms with Gasteiger partial charge < -0.3 is 16.0 Å². The van der Waals surface area contributed by atoms with E-state index >= 15 is 0 Å². The molecule has 0 atom stereocenters. The number of piperidine rings is 1. The van der Waals surface area contributed by atoms with Crippen LogP contribution in [0.2, 0.25) is 0 Å². The Bertz CT molecular complexity index is 1480. The maximum Gasteiger partial charge on any atom is 0.230 e. The van der Waals surface area contributed by atoms with Crippen molar-refractivity contribution in [3.05, 3.63) is 66.2 Å². The molecule has 10 nitrogen and oxygen atoms in total. The van der Waals surface area contributed by atoms with Crippen molar-refractivity contribution in [2.45, 2.75) is 45.2 Å². The van der Waals surface area contributed by atoms with Gasteiger partial charge in [0.25, 0.3) is 0 Å². The Kier molecular flexibility index (Phi) is 5.73. The summed E-state index contributed by atoms with van der Waals surface area (Å²) in [5.41, 5.74) is 11.0. The second-order valence-electron chi connectivity index (χ2n) is 9.65. The molecule has 0 amide bonds. The molecule has 4 aromatic heterocycles. The van der Waals surface area contributed by atoms with Gasteiger partial charge in [-0.25, -0.2) is 4.68 Å². The van der Waals surface area contributed by atoms with Crippen LogP contribution in [-0.4, -0.2) is 53.5 Å². The molecule has 6 rings (SSSR count). The highest BCUT2D eigenvalue weighted by Gasteiger charge is 2.22. The number of para-hydroxylation sites is 1. The first-order valence-corrected chi connectivity index (χ1v) is 12.4. The lowest BCUT2D eigenvalue weighted by molar-refractivity contribution is 0.495. The molecule has 1 fully saturated rings. The van der Waals surface area contributed by atoms with Gasteiger partial charge in [0.2, 0.25) is 11.9 Å². The summed E-state index contributed by atoms with van der Waals surface area (Å²) in [7, 11) is 0. The van der Waals surface area contributed by atoms with Crippen molar-refractivity contribution in [1.82, 2.24) is 34.3 Å². The first kappa shape index (κ1) is 22.4. The van der Waals surface area contributed by atoms with E-state index in [4.69, 9.17) is 20.8 Å². The Hall–Kier alpha value is -4.05. The summed E-state index contributed by atoms with van der Waals surface area (Å²) in [6.45, 7) is 6.58. The Morgan fingerprint density at radius 3 is 2.72 bits per heavy atom.